The molecule has 0 radical (unpaired) electrons. The third-order valence-electron chi connectivity index (χ3n) is 4.91. The zero-order valence-electron chi connectivity index (χ0n) is 14.8. The summed E-state index contributed by atoms with van der Waals surface area (Å²) in [6.45, 7) is 5.09. The molecule has 6 nitrogen and oxygen atoms in total. The van der Waals surface area contributed by atoms with Crippen LogP contribution in [0.15, 0.2) is 35.7 Å². The van der Waals surface area contributed by atoms with E-state index in [2.05, 4.69) is 27.7 Å². The number of hydrogen-bond donors (Lipinski definition) is 1. The Labute approximate surface area is 157 Å². The lowest BCUT2D eigenvalue weighted by Crippen LogP contribution is -2.39. The fraction of sp³-hybridized carbons (Fsp3) is 0.421. The molecule has 0 atom stereocenters. The highest BCUT2D eigenvalue weighted by atomic mass is 32.1. The molecular weight excluding hydrogens is 350 g/mol. The second-order valence-corrected chi connectivity index (χ2v) is 7.62. The molecule has 1 fully saturated rings. The Morgan fingerprint density at radius 2 is 2.12 bits per heavy atom. The second kappa shape index (κ2) is 8.42. The first-order valence-electron chi connectivity index (χ1n) is 8.83. The molecule has 0 unspecified atom stereocenters. The standard InChI is InChI=1S/C19H23N3O3S/c1-14-4-5-16(13-17(14)22(24)25)19(23)20-8-11-21-9-6-15(7-10-21)18-3-2-12-26-18/h2-5,12-13,15H,6-11H2,1H3,(H,20,23). The van der Waals surface area contributed by atoms with Gasteiger partial charge < -0.3 is 10.2 Å². The minimum atomic E-state index is -0.455. The number of likely N-dealkylation sites (tertiary alicyclic amines) is 1. The molecule has 0 spiro atoms. The highest BCUT2D eigenvalue weighted by Gasteiger charge is 2.21. The Bertz CT molecular complexity index is 768. The minimum Gasteiger partial charge on any atom is -0.351 e. The van der Waals surface area contributed by atoms with E-state index >= 15 is 0 Å². The first kappa shape index (κ1) is 18.5. The first-order valence-corrected chi connectivity index (χ1v) is 9.71. The van der Waals surface area contributed by atoms with Gasteiger partial charge >= 0.3 is 0 Å². The van der Waals surface area contributed by atoms with Gasteiger partial charge in [0.1, 0.15) is 0 Å². The zero-order valence-corrected chi connectivity index (χ0v) is 15.6. The van der Waals surface area contributed by atoms with E-state index in [4.69, 9.17) is 0 Å². The molecule has 0 aliphatic carbocycles. The largest absolute Gasteiger partial charge is 0.351 e. The average Bonchev–Trinajstić information content (AvgIpc) is 3.17. The summed E-state index contributed by atoms with van der Waals surface area (Å²) in [5.41, 5.74) is 0.868. The van der Waals surface area contributed by atoms with Crippen molar-refractivity contribution >= 4 is 22.9 Å². The molecule has 1 aliphatic rings. The molecule has 3 rings (SSSR count). The summed E-state index contributed by atoms with van der Waals surface area (Å²) in [5, 5.41) is 16.0. The van der Waals surface area contributed by atoms with Crippen LogP contribution in [-0.4, -0.2) is 41.9 Å². The summed E-state index contributed by atoms with van der Waals surface area (Å²) in [6, 6.07) is 8.91. The predicted octanol–water partition coefficient (Wildman–Crippen LogP) is 3.57. The molecule has 1 aliphatic heterocycles. The SMILES string of the molecule is Cc1ccc(C(=O)NCCN2CCC(c3cccs3)CC2)cc1[N+](=O)[O-]. The molecular formula is C19H23N3O3S. The van der Waals surface area contributed by atoms with Crippen LogP contribution in [-0.2, 0) is 0 Å². The van der Waals surface area contributed by atoms with Crippen LogP contribution >= 0.6 is 11.3 Å². The van der Waals surface area contributed by atoms with Gasteiger partial charge in [-0.2, -0.15) is 0 Å². The molecule has 1 aromatic heterocycles. The van der Waals surface area contributed by atoms with Crippen LogP contribution in [0.2, 0.25) is 0 Å². The number of benzene rings is 1. The molecule has 2 heterocycles. The summed E-state index contributed by atoms with van der Waals surface area (Å²) in [4.78, 5) is 26.6. The van der Waals surface area contributed by atoms with Gasteiger partial charge in [0.2, 0.25) is 0 Å². The number of nitro benzene ring substituents is 1. The topological polar surface area (TPSA) is 75.5 Å². The Hall–Kier alpha value is -2.25. The van der Waals surface area contributed by atoms with Crippen molar-refractivity contribution in [3.05, 3.63) is 61.8 Å². The molecule has 1 aromatic carbocycles. The molecule has 0 saturated carbocycles. The number of nitrogens with zero attached hydrogens (tertiary/aromatic N) is 2. The molecule has 1 saturated heterocycles. The Morgan fingerprint density at radius 3 is 2.77 bits per heavy atom. The highest BCUT2D eigenvalue weighted by Crippen LogP contribution is 2.30. The van der Waals surface area contributed by atoms with Gasteiger partial charge in [-0.05, 0) is 56.3 Å². The number of carbonyl (C=O) groups is 1. The van der Waals surface area contributed by atoms with Gasteiger partial charge in [-0.15, -0.1) is 11.3 Å². The number of carbonyl (C=O) groups excluding carboxylic acids is 1. The molecule has 7 heteroatoms. The summed E-state index contributed by atoms with van der Waals surface area (Å²) in [5.74, 6) is 0.399. The van der Waals surface area contributed by atoms with Crippen molar-refractivity contribution in [3.63, 3.8) is 0 Å². The van der Waals surface area contributed by atoms with E-state index in [0.717, 1.165) is 32.5 Å². The monoisotopic (exact) mass is 373 g/mol. The third-order valence-corrected chi connectivity index (χ3v) is 5.95. The lowest BCUT2D eigenvalue weighted by Gasteiger charge is -2.31. The summed E-state index contributed by atoms with van der Waals surface area (Å²) < 4.78 is 0. The summed E-state index contributed by atoms with van der Waals surface area (Å²) in [6.07, 6.45) is 2.30. The predicted molar refractivity (Wildman–Crippen MR) is 103 cm³/mol. The number of piperidine rings is 1. The summed E-state index contributed by atoms with van der Waals surface area (Å²) >= 11 is 1.83. The van der Waals surface area contributed by atoms with Gasteiger partial charge in [0.05, 0.1) is 4.92 Å². The van der Waals surface area contributed by atoms with Crippen LogP contribution in [0, 0.1) is 17.0 Å². The van der Waals surface area contributed by atoms with Crippen molar-refractivity contribution in [2.75, 3.05) is 26.2 Å². The Balaban J connectivity index is 1.44. The molecule has 26 heavy (non-hydrogen) atoms. The minimum absolute atomic E-state index is 0.0201. The van der Waals surface area contributed by atoms with Crippen molar-refractivity contribution in [2.24, 2.45) is 0 Å². The number of thiophene rings is 1. The maximum atomic E-state index is 12.2. The van der Waals surface area contributed by atoms with E-state index in [0.29, 0.717) is 23.6 Å². The fourth-order valence-corrected chi connectivity index (χ4v) is 4.24. The molecule has 0 bridgehead atoms. The van der Waals surface area contributed by atoms with Gasteiger partial charge in [-0.25, -0.2) is 0 Å². The number of hydrogen-bond acceptors (Lipinski definition) is 5. The molecule has 2 aromatic rings. The number of amides is 1. The highest BCUT2D eigenvalue weighted by molar-refractivity contribution is 7.10. The van der Waals surface area contributed by atoms with Crippen LogP contribution in [0.5, 0.6) is 0 Å². The number of rotatable bonds is 6. The van der Waals surface area contributed by atoms with Gasteiger partial charge in [-0.3, -0.25) is 14.9 Å². The van der Waals surface area contributed by atoms with E-state index < -0.39 is 4.92 Å². The molecule has 138 valence electrons. The van der Waals surface area contributed by atoms with Crippen molar-refractivity contribution in [3.8, 4) is 0 Å². The van der Waals surface area contributed by atoms with E-state index in [1.54, 1.807) is 19.1 Å². The fourth-order valence-electron chi connectivity index (χ4n) is 3.34. The van der Waals surface area contributed by atoms with Gasteiger partial charge in [0.15, 0.2) is 0 Å². The van der Waals surface area contributed by atoms with Crippen LogP contribution in [0.4, 0.5) is 5.69 Å². The van der Waals surface area contributed by atoms with E-state index in [9.17, 15) is 14.9 Å². The van der Waals surface area contributed by atoms with Crippen molar-refractivity contribution in [1.29, 1.82) is 0 Å². The van der Waals surface area contributed by atoms with Gasteiger partial charge in [-0.1, -0.05) is 12.1 Å². The van der Waals surface area contributed by atoms with E-state index in [-0.39, 0.29) is 11.6 Å². The van der Waals surface area contributed by atoms with E-state index in [1.165, 1.54) is 10.9 Å². The Kier molecular flexibility index (Phi) is 6.00. The zero-order chi connectivity index (χ0) is 18.5. The second-order valence-electron chi connectivity index (χ2n) is 6.65. The number of nitrogens with one attached hydrogen (secondary N) is 1. The number of aryl methyl sites for hydroxylation is 1. The lowest BCUT2D eigenvalue weighted by atomic mass is 9.95. The van der Waals surface area contributed by atoms with Crippen molar-refractivity contribution < 1.29 is 9.72 Å². The normalized spacial score (nSPS) is 15.7. The third kappa shape index (κ3) is 4.47. The van der Waals surface area contributed by atoms with Crippen LogP contribution in [0.25, 0.3) is 0 Å². The molecule has 1 amide bonds. The lowest BCUT2D eigenvalue weighted by molar-refractivity contribution is -0.385. The smallest absolute Gasteiger partial charge is 0.273 e. The van der Waals surface area contributed by atoms with E-state index in [1.807, 2.05) is 11.3 Å². The number of nitro groups is 1. The van der Waals surface area contributed by atoms with Crippen LogP contribution in [0.1, 0.15) is 39.6 Å². The van der Waals surface area contributed by atoms with Crippen molar-refractivity contribution in [2.45, 2.75) is 25.7 Å². The van der Waals surface area contributed by atoms with Crippen LogP contribution < -0.4 is 5.32 Å². The van der Waals surface area contributed by atoms with Gasteiger partial charge in [0, 0.05) is 35.2 Å². The Morgan fingerprint density at radius 1 is 1.35 bits per heavy atom. The maximum absolute atomic E-state index is 12.2. The van der Waals surface area contributed by atoms with Gasteiger partial charge in [0.25, 0.3) is 11.6 Å². The first-order chi connectivity index (χ1) is 12.5. The van der Waals surface area contributed by atoms with Crippen molar-refractivity contribution in [1.82, 2.24) is 10.2 Å². The summed E-state index contributed by atoms with van der Waals surface area (Å²) in [7, 11) is 0. The van der Waals surface area contributed by atoms with Crippen LogP contribution in [0.3, 0.4) is 0 Å². The molecule has 1 N–H and O–H groups in total. The average molecular weight is 373 g/mol. The quantitative estimate of drug-likeness (QED) is 0.620. The maximum Gasteiger partial charge on any atom is 0.273 e.